The SMILES string of the molecule is CCn1cc(CN2C[C@H](C)N(C(=O)OC(C)(C)C)C[C@@H]2C)cn1. The minimum Gasteiger partial charge on any atom is -0.444 e. The van der Waals surface area contributed by atoms with Gasteiger partial charge in [0.25, 0.3) is 0 Å². The van der Waals surface area contributed by atoms with Crippen molar-refractivity contribution in [1.82, 2.24) is 19.6 Å². The molecule has 23 heavy (non-hydrogen) atoms. The summed E-state index contributed by atoms with van der Waals surface area (Å²) < 4.78 is 7.47. The summed E-state index contributed by atoms with van der Waals surface area (Å²) in [5.41, 5.74) is 0.767. The van der Waals surface area contributed by atoms with Crippen LogP contribution in [0.4, 0.5) is 4.79 Å². The van der Waals surface area contributed by atoms with Crippen LogP contribution in [0.1, 0.15) is 47.1 Å². The topological polar surface area (TPSA) is 50.6 Å². The molecule has 0 unspecified atom stereocenters. The Kier molecular flexibility index (Phi) is 5.34. The lowest BCUT2D eigenvalue weighted by atomic mass is 10.1. The van der Waals surface area contributed by atoms with Gasteiger partial charge in [-0.1, -0.05) is 0 Å². The normalized spacial score (nSPS) is 23.1. The quantitative estimate of drug-likeness (QED) is 0.858. The number of ether oxygens (including phenoxy) is 1. The molecular weight excluding hydrogens is 292 g/mol. The van der Waals surface area contributed by atoms with Crippen LogP contribution in [0.3, 0.4) is 0 Å². The van der Waals surface area contributed by atoms with Crippen LogP contribution in [0.15, 0.2) is 12.4 Å². The standard InChI is InChI=1S/C17H30N4O2/c1-7-20-12-15(8-18-20)11-19-9-14(3)21(10-13(19)2)16(22)23-17(4,5)6/h8,12-14H,7,9-11H2,1-6H3/t13-,14-/m0/s1. The fraction of sp³-hybridized carbons (Fsp3) is 0.765. The maximum absolute atomic E-state index is 12.3. The summed E-state index contributed by atoms with van der Waals surface area (Å²) in [5.74, 6) is 0. The Morgan fingerprint density at radius 1 is 1.30 bits per heavy atom. The van der Waals surface area contributed by atoms with Gasteiger partial charge in [-0.15, -0.1) is 0 Å². The van der Waals surface area contributed by atoms with Gasteiger partial charge in [-0.2, -0.15) is 5.10 Å². The van der Waals surface area contributed by atoms with Gasteiger partial charge in [0.2, 0.25) is 0 Å². The maximum atomic E-state index is 12.3. The third kappa shape index (κ3) is 4.70. The maximum Gasteiger partial charge on any atom is 0.410 e. The van der Waals surface area contributed by atoms with Crippen molar-refractivity contribution in [1.29, 1.82) is 0 Å². The molecule has 1 fully saturated rings. The monoisotopic (exact) mass is 322 g/mol. The van der Waals surface area contributed by atoms with Crippen LogP contribution in [-0.4, -0.2) is 56.4 Å². The van der Waals surface area contributed by atoms with Crippen molar-refractivity contribution in [2.75, 3.05) is 13.1 Å². The molecule has 2 rings (SSSR count). The number of amides is 1. The summed E-state index contributed by atoms with van der Waals surface area (Å²) >= 11 is 0. The summed E-state index contributed by atoms with van der Waals surface area (Å²) in [4.78, 5) is 16.6. The molecule has 0 N–H and O–H groups in total. The van der Waals surface area contributed by atoms with E-state index in [-0.39, 0.29) is 12.1 Å². The van der Waals surface area contributed by atoms with Crippen LogP contribution < -0.4 is 0 Å². The number of piperazine rings is 1. The van der Waals surface area contributed by atoms with E-state index in [0.717, 1.165) is 19.6 Å². The van der Waals surface area contributed by atoms with Gasteiger partial charge in [0.15, 0.2) is 0 Å². The molecule has 6 nitrogen and oxygen atoms in total. The Bertz CT molecular complexity index is 535. The molecule has 0 radical (unpaired) electrons. The van der Waals surface area contributed by atoms with Crippen LogP contribution in [0.25, 0.3) is 0 Å². The van der Waals surface area contributed by atoms with Crippen molar-refractivity contribution in [2.24, 2.45) is 0 Å². The van der Waals surface area contributed by atoms with E-state index in [1.807, 2.05) is 36.5 Å². The smallest absolute Gasteiger partial charge is 0.410 e. The number of aryl methyl sites for hydroxylation is 1. The van der Waals surface area contributed by atoms with E-state index in [9.17, 15) is 4.79 Å². The molecule has 0 spiro atoms. The second-order valence-electron chi connectivity index (χ2n) is 7.46. The molecule has 1 aliphatic heterocycles. The first-order valence-electron chi connectivity index (χ1n) is 8.44. The molecule has 1 saturated heterocycles. The summed E-state index contributed by atoms with van der Waals surface area (Å²) in [6.45, 7) is 15.3. The first-order chi connectivity index (χ1) is 10.7. The van der Waals surface area contributed by atoms with Crippen LogP contribution in [0, 0.1) is 0 Å². The molecule has 2 heterocycles. The van der Waals surface area contributed by atoms with E-state index in [1.54, 1.807) is 0 Å². The number of nitrogens with zero attached hydrogens (tertiary/aromatic N) is 4. The highest BCUT2D eigenvalue weighted by atomic mass is 16.6. The molecule has 0 aliphatic carbocycles. The zero-order valence-electron chi connectivity index (χ0n) is 15.2. The average Bonchev–Trinajstić information content (AvgIpc) is 2.88. The van der Waals surface area contributed by atoms with Crippen molar-refractivity contribution in [3.8, 4) is 0 Å². The number of rotatable bonds is 3. The molecule has 1 aliphatic rings. The van der Waals surface area contributed by atoms with Gasteiger partial charge < -0.3 is 9.64 Å². The highest BCUT2D eigenvalue weighted by Gasteiger charge is 2.34. The van der Waals surface area contributed by atoms with Gasteiger partial charge in [-0.05, 0) is 41.5 Å². The Labute approximate surface area is 139 Å². The van der Waals surface area contributed by atoms with Crippen molar-refractivity contribution in [3.63, 3.8) is 0 Å². The van der Waals surface area contributed by atoms with Crippen molar-refractivity contribution in [2.45, 2.75) is 72.3 Å². The molecular formula is C17H30N4O2. The highest BCUT2D eigenvalue weighted by Crippen LogP contribution is 2.20. The number of aromatic nitrogens is 2. The third-order valence-corrected chi connectivity index (χ3v) is 4.14. The fourth-order valence-electron chi connectivity index (χ4n) is 2.89. The predicted octanol–water partition coefficient (Wildman–Crippen LogP) is 2.73. The largest absolute Gasteiger partial charge is 0.444 e. The van der Waals surface area contributed by atoms with E-state index < -0.39 is 5.60 Å². The van der Waals surface area contributed by atoms with Crippen molar-refractivity contribution >= 4 is 6.09 Å². The molecule has 0 aromatic carbocycles. The fourth-order valence-corrected chi connectivity index (χ4v) is 2.89. The molecule has 1 aromatic heterocycles. The summed E-state index contributed by atoms with van der Waals surface area (Å²) in [5, 5.41) is 4.33. The van der Waals surface area contributed by atoms with Crippen LogP contribution in [-0.2, 0) is 17.8 Å². The Morgan fingerprint density at radius 2 is 2.00 bits per heavy atom. The molecule has 1 amide bonds. The van der Waals surface area contributed by atoms with Gasteiger partial charge >= 0.3 is 6.09 Å². The molecule has 130 valence electrons. The van der Waals surface area contributed by atoms with Crippen LogP contribution in [0.5, 0.6) is 0 Å². The second-order valence-corrected chi connectivity index (χ2v) is 7.46. The van der Waals surface area contributed by atoms with E-state index in [1.165, 1.54) is 5.56 Å². The zero-order chi connectivity index (χ0) is 17.2. The molecule has 1 aromatic rings. The number of carbonyl (C=O) groups is 1. The van der Waals surface area contributed by atoms with Gasteiger partial charge in [-0.25, -0.2) is 4.79 Å². The van der Waals surface area contributed by atoms with E-state index in [2.05, 4.69) is 37.0 Å². The number of hydrogen-bond donors (Lipinski definition) is 0. The van der Waals surface area contributed by atoms with Crippen LogP contribution >= 0.6 is 0 Å². The molecule has 6 heteroatoms. The van der Waals surface area contributed by atoms with Crippen molar-refractivity contribution in [3.05, 3.63) is 18.0 Å². The summed E-state index contributed by atoms with van der Waals surface area (Å²) in [6.07, 6.45) is 3.81. The Morgan fingerprint density at radius 3 is 2.57 bits per heavy atom. The number of hydrogen-bond acceptors (Lipinski definition) is 4. The lowest BCUT2D eigenvalue weighted by Gasteiger charge is -2.44. The minimum atomic E-state index is -0.452. The van der Waals surface area contributed by atoms with Crippen LogP contribution in [0.2, 0.25) is 0 Å². The van der Waals surface area contributed by atoms with Gasteiger partial charge in [0, 0.05) is 50.0 Å². The van der Waals surface area contributed by atoms with Gasteiger partial charge in [0.05, 0.1) is 6.20 Å². The van der Waals surface area contributed by atoms with Gasteiger partial charge in [-0.3, -0.25) is 9.58 Å². The molecule has 2 atom stereocenters. The Balaban J connectivity index is 1.97. The highest BCUT2D eigenvalue weighted by molar-refractivity contribution is 5.68. The zero-order valence-corrected chi connectivity index (χ0v) is 15.2. The first kappa shape index (κ1) is 17.8. The van der Waals surface area contributed by atoms with E-state index >= 15 is 0 Å². The third-order valence-electron chi connectivity index (χ3n) is 4.14. The van der Waals surface area contributed by atoms with E-state index in [4.69, 9.17) is 4.74 Å². The lowest BCUT2D eigenvalue weighted by molar-refractivity contribution is -0.0117. The molecule has 0 bridgehead atoms. The second kappa shape index (κ2) is 6.91. The van der Waals surface area contributed by atoms with Crippen molar-refractivity contribution < 1.29 is 9.53 Å². The molecule has 0 saturated carbocycles. The van der Waals surface area contributed by atoms with Gasteiger partial charge in [0.1, 0.15) is 5.60 Å². The summed E-state index contributed by atoms with van der Waals surface area (Å²) in [7, 11) is 0. The Hall–Kier alpha value is -1.56. The average molecular weight is 322 g/mol. The number of carbonyl (C=O) groups excluding carboxylic acids is 1. The first-order valence-corrected chi connectivity index (χ1v) is 8.44. The summed E-state index contributed by atoms with van der Waals surface area (Å²) in [6, 6.07) is 0.436. The van der Waals surface area contributed by atoms with E-state index in [0.29, 0.717) is 12.6 Å². The predicted molar refractivity (Wildman–Crippen MR) is 90.2 cm³/mol. The lowest BCUT2D eigenvalue weighted by Crippen LogP contribution is -2.58. The minimum absolute atomic E-state index is 0.141.